The summed E-state index contributed by atoms with van der Waals surface area (Å²) in [7, 11) is 0. The summed E-state index contributed by atoms with van der Waals surface area (Å²) in [5.41, 5.74) is -4.13. The molecule has 2 aliphatic rings. The van der Waals surface area contributed by atoms with Crippen LogP contribution >= 0.6 is 0 Å². The predicted octanol–water partition coefficient (Wildman–Crippen LogP) is 3.95. The molecule has 3 N–H and O–H groups in total. The third-order valence-electron chi connectivity index (χ3n) is 5.23. The van der Waals surface area contributed by atoms with Gasteiger partial charge in [-0.2, -0.15) is 13.2 Å². The Kier molecular flexibility index (Phi) is 5.04. The van der Waals surface area contributed by atoms with E-state index in [2.05, 4.69) is 10.3 Å². The number of benzene rings is 1. The number of hydrogen-bond acceptors (Lipinski definition) is 4. The largest absolute Gasteiger partial charge is 0.508 e. The standard InChI is InChI=1S/C20H22F4N2O2/c1-18(2,15-8-13(21)3-4-17(15)27)11-19(28,20(22,23)24)9-14-7-12-5-6-25-10-16(12)26-14/h3-8,10,12,16,26-28H,9,11H2,1-2H3/t12?,16?,19-/m0/s1. The van der Waals surface area contributed by atoms with Gasteiger partial charge in [-0.25, -0.2) is 4.39 Å². The summed E-state index contributed by atoms with van der Waals surface area (Å²) >= 11 is 0. The zero-order valence-electron chi connectivity index (χ0n) is 15.5. The Balaban J connectivity index is 1.88. The molecule has 1 aromatic rings. The SMILES string of the molecule is CC(C)(C[C@@](O)(CC1=CC2C=CN=CC2N1)C(F)(F)F)c1cc(F)ccc1O. The van der Waals surface area contributed by atoms with Gasteiger partial charge in [0, 0.05) is 36.0 Å². The molecule has 0 amide bonds. The van der Waals surface area contributed by atoms with E-state index in [9.17, 15) is 27.8 Å². The fraction of sp³-hybridized carbons (Fsp3) is 0.450. The number of aliphatic hydroxyl groups is 1. The number of phenolic OH excluding ortho intramolecular Hbond substituents is 1. The molecule has 0 bridgehead atoms. The van der Waals surface area contributed by atoms with E-state index in [0.29, 0.717) is 0 Å². The van der Waals surface area contributed by atoms with Crippen molar-refractivity contribution in [1.29, 1.82) is 0 Å². The fourth-order valence-electron chi connectivity index (χ4n) is 3.86. The van der Waals surface area contributed by atoms with Crippen molar-refractivity contribution in [3.05, 3.63) is 53.6 Å². The molecule has 0 saturated heterocycles. The zero-order valence-corrected chi connectivity index (χ0v) is 15.5. The molecule has 152 valence electrons. The first-order valence-corrected chi connectivity index (χ1v) is 8.87. The number of nitrogens with one attached hydrogen (secondary N) is 1. The van der Waals surface area contributed by atoms with Crippen molar-refractivity contribution in [2.24, 2.45) is 10.9 Å². The molecule has 2 unspecified atom stereocenters. The molecule has 0 spiro atoms. The number of aromatic hydroxyl groups is 1. The number of halogens is 4. The van der Waals surface area contributed by atoms with Crippen LogP contribution in [0.25, 0.3) is 0 Å². The van der Waals surface area contributed by atoms with E-state index in [-0.39, 0.29) is 29.0 Å². The van der Waals surface area contributed by atoms with Crippen LogP contribution in [0.2, 0.25) is 0 Å². The average Bonchev–Trinajstić information content (AvgIpc) is 2.97. The first-order chi connectivity index (χ1) is 12.9. The minimum absolute atomic E-state index is 0.00673. The smallest absolute Gasteiger partial charge is 0.417 e. The van der Waals surface area contributed by atoms with Crippen molar-refractivity contribution in [3.8, 4) is 5.75 Å². The van der Waals surface area contributed by atoms with Gasteiger partial charge in [-0.05, 0) is 30.0 Å². The van der Waals surface area contributed by atoms with E-state index in [1.165, 1.54) is 13.8 Å². The van der Waals surface area contributed by atoms with Crippen LogP contribution in [0.3, 0.4) is 0 Å². The van der Waals surface area contributed by atoms with Gasteiger partial charge in [0.25, 0.3) is 0 Å². The molecular weight excluding hydrogens is 376 g/mol. The van der Waals surface area contributed by atoms with Crippen molar-refractivity contribution < 1.29 is 27.8 Å². The molecule has 3 rings (SSSR count). The maximum atomic E-state index is 13.9. The van der Waals surface area contributed by atoms with Crippen LogP contribution in [0.5, 0.6) is 5.75 Å². The molecule has 0 aliphatic carbocycles. The third kappa shape index (κ3) is 3.92. The Hall–Kier alpha value is -2.35. The minimum Gasteiger partial charge on any atom is -0.508 e. The first-order valence-electron chi connectivity index (χ1n) is 8.87. The van der Waals surface area contributed by atoms with Gasteiger partial charge in [0.05, 0.1) is 6.04 Å². The number of aliphatic imine (C=N–C) groups is 1. The molecule has 1 aromatic carbocycles. The van der Waals surface area contributed by atoms with Crippen LogP contribution in [0, 0.1) is 11.7 Å². The van der Waals surface area contributed by atoms with Gasteiger partial charge in [-0.15, -0.1) is 0 Å². The topological polar surface area (TPSA) is 64.9 Å². The van der Waals surface area contributed by atoms with Crippen LogP contribution in [-0.2, 0) is 5.41 Å². The van der Waals surface area contributed by atoms with Gasteiger partial charge in [0.2, 0.25) is 0 Å². The second kappa shape index (κ2) is 6.92. The lowest BCUT2D eigenvalue weighted by molar-refractivity contribution is -0.266. The highest BCUT2D eigenvalue weighted by atomic mass is 19.4. The second-order valence-corrected chi connectivity index (χ2v) is 8.01. The lowest BCUT2D eigenvalue weighted by Gasteiger charge is -2.38. The van der Waals surface area contributed by atoms with Gasteiger partial charge in [-0.3, -0.25) is 4.99 Å². The van der Waals surface area contributed by atoms with Crippen LogP contribution in [0.4, 0.5) is 17.6 Å². The summed E-state index contributed by atoms with van der Waals surface area (Å²) in [6, 6.07) is 2.87. The molecule has 4 nitrogen and oxygen atoms in total. The van der Waals surface area contributed by atoms with E-state index < -0.39 is 35.9 Å². The summed E-state index contributed by atoms with van der Waals surface area (Å²) in [4.78, 5) is 3.97. The quantitative estimate of drug-likeness (QED) is 0.658. The van der Waals surface area contributed by atoms with Crippen molar-refractivity contribution in [1.82, 2.24) is 5.32 Å². The highest BCUT2D eigenvalue weighted by Gasteiger charge is 2.56. The maximum Gasteiger partial charge on any atom is 0.417 e. The second-order valence-electron chi connectivity index (χ2n) is 8.01. The predicted molar refractivity (Wildman–Crippen MR) is 97.5 cm³/mol. The number of phenols is 1. The molecular formula is C20H22F4N2O2. The minimum atomic E-state index is -4.92. The van der Waals surface area contributed by atoms with Crippen molar-refractivity contribution in [2.45, 2.75) is 49.9 Å². The van der Waals surface area contributed by atoms with E-state index >= 15 is 0 Å². The van der Waals surface area contributed by atoms with Gasteiger partial charge in [0.15, 0.2) is 5.60 Å². The summed E-state index contributed by atoms with van der Waals surface area (Å²) in [6.07, 6.45) is 0.252. The molecule has 8 heteroatoms. The van der Waals surface area contributed by atoms with Crippen LogP contribution < -0.4 is 5.32 Å². The molecule has 0 saturated carbocycles. The molecule has 2 aliphatic heterocycles. The molecule has 0 fully saturated rings. The Bertz CT molecular complexity index is 845. The number of nitrogens with zero attached hydrogens (tertiary/aromatic N) is 1. The maximum absolute atomic E-state index is 13.9. The van der Waals surface area contributed by atoms with E-state index in [4.69, 9.17) is 0 Å². The van der Waals surface area contributed by atoms with Gasteiger partial charge >= 0.3 is 6.18 Å². The fourth-order valence-corrected chi connectivity index (χ4v) is 3.86. The van der Waals surface area contributed by atoms with E-state index in [0.717, 1.165) is 18.2 Å². The van der Waals surface area contributed by atoms with Crippen LogP contribution in [0.15, 0.2) is 47.2 Å². The third-order valence-corrected chi connectivity index (χ3v) is 5.23. The first kappa shape index (κ1) is 20.4. The summed E-state index contributed by atoms with van der Waals surface area (Å²) in [5.74, 6) is -1.11. The van der Waals surface area contributed by atoms with Crippen molar-refractivity contribution in [2.75, 3.05) is 0 Å². The number of rotatable bonds is 5. The van der Waals surface area contributed by atoms with Crippen LogP contribution in [0.1, 0.15) is 32.3 Å². The van der Waals surface area contributed by atoms with Crippen LogP contribution in [-0.4, -0.2) is 34.2 Å². The molecule has 0 radical (unpaired) electrons. The van der Waals surface area contributed by atoms with E-state index in [1.807, 2.05) is 0 Å². The highest BCUT2D eigenvalue weighted by molar-refractivity contribution is 5.69. The summed E-state index contributed by atoms with van der Waals surface area (Å²) in [5, 5.41) is 23.6. The lowest BCUT2D eigenvalue weighted by atomic mass is 9.73. The number of alkyl halides is 3. The van der Waals surface area contributed by atoms with Crippen molar-refractivity contribution >= 4 is 6.21 Å². The Morgan fingerprint density at radius 1 is 1.21 bits per heavy atom. The molecule has 3 atom stereocenters. The lowest BCUT2D eigenvalue weighted by Crippen LogP contribution is -2.50. The Morgan fingerprint density at radius 2 is 1.93 bits per heavy atom. The Morgan fingerprint density at radius 3 is 2.57 bits per heavy atom. The molecule has 0 aromatic heterocycles. The summed E-state index contributed by atoms with van der Waals surface area (Å²) < 4.78 is 55.2. The number of hydrogen-bond donors (Lipinski definition) is 3. The highest BCUT2D eigenvalue weighted by Crippen LogP contribution is 2.46. The van der Waals surface area contributed by atoms with E-state index in [1.54, 1.807) is 24.6 Å². The van der Waals surface area contributed by atoms with Crippen molar-refractivity contribution in [3.63, 3.8) is 0 Å². The molecule has 28 heavy (non-hydrogen) atoms. The molecule has 2 heterocycles. The summed E-state index contributed by atoms with van der Waals surface area (Å²) in [6.45, 7) is 2.87. The average molecular weight is 398 g/mol. The zero-order chi connectivity index (χ0) is 20.7. The van der Waals surface area contributed by atoms with Gasteiger partial charge in [0.1, 0.15) is 11.6 Å². The Labute approximate surface area is 160 Å². The normalized spacial score (nSPS) is 23.8. The number of fused-ring (bicyclic) bond motifs is 1. The van der Waals surface area contributed by atoms with Gasteiger partial charge < -0.3 is 15.5 Å². The van der Waals surface area contributed by atoms with Gasteiger partial charge in [-0.1, -0.05) is 26.0 Å². The monoisotopic (exact) mass is 398 g/mol.